The minimum Gasteiger partial charge on any atom is -0.496 e. The Morgan fingerprint density at radius 3 is 2.44 bits per heavy atom. The Balaban J connectivity index is 1.69. The van der Waals surface area contributed by atoms with Crippen LogP contribution in [0.1, 0.15) is 47.2 Å². The number of para-hydroxylation sites is 1. The number of Topliss-reactive ketones (excluding diaryl/α,β-unsaturated/α-hetero) is 1. The maximum Gasteiger partial charge on any atom is 0.416 e. The lowest BCUT2D eigenvalue weighted by molar-refractivity contribution is -0.137. The summed E-state index contributed by atoms with van der Waals surface area (Å²) in [4.78, 5) is 34.4. The van der Waals surface area contributed by atoms with Crippen molar-refractivity contribution in [2.75, 3.05) is 20.2 Å². The summed E-state index contributed by atoms with van der Waals surface area (Å²) in [7, 11) is 1.51. The molecule has 0 bridgehead atoms. The lowest BCUT2D eigenvalue weighted by Crippen LogP contribution is -2.50. The number of hydrogen-bond donors (Lipinski definition) is 0. The van der Waals surface area contributed by atoms with E-state index in [-0.39, 0.29) is 12.3 Å². The van der Waals surface area contributed by atoms with Gasteiger partial charge in [-0.25, -0.2) is 4.79 Å². The monoisotopic (exact) mass is 555 g/mol. The van der Waals surface area contributed by atoms with Crippen LogP contribution in [0.15, 0.2) is 77.8 Å². The number of urea groups is 1. The van der Waals surface area contributed by atoms with Crippen LogP contribution < -0.4 is 4.74 Å². The van der Waals surface area contributed by atoms with Gasteiger partial charge >= 0.3 is 12.2 Å². The van der Waals surface area contributed by atoms with E-state index >= 15 is 0 Å². The van der Waals surface area contributed by atoms with Gasteiger partial charge < -0.3 is 9.64 Å². The summed E-state index contributed by atoms with van der Waals surface area (Å²) in [5.74, 6) is 0.732. The standard InChI is InChI=1S/C29H25ClF3N3O3/c1-39-24-10-3-2-9-23(24)27-34-25(18-11-13-20(14-12-18)29(31,32)33)26(19-6-4-7-21(30)16-19)36(27)28(38)35-15-5-8-22(37)17-35/h2-4,6-7,9-14,16,25-26H,5,8,15,17H2,1H3. The average molecular weight is 556 g/mol. The summed E-state index contributed by atoms with van der Waals surface area (Å²) in [6.45, 7) is 0.370. The number of carbonyl (C=O) groups excluding carboxylic acids is 2. The number of piperidine rings is 1. The van der Waals surface area contributed by atoms with Gasteiger partial charge in [-0.1, -0.05) is 48.0 Å². The molecule has 2 atom stereocenters. The van der Waals surface area contributed by atoms with Crippen LogP contribution in [0.25, 0.3) is 0 Å². The average Bonchev–Trinajstić information content (AvgIpc) is 3.32. The van der Waals surface area contributed by atoms with Crippen LogP contribution in [0.5, 0.6) is 5.75 Å². The fraction of sp³-hybridized carbons (Fsp3) is 0.276. The number of alkyl halides is 3. The first kappa shape index (κ1) is 26.7. The number of aliphatic imine (C=N–C) groups is 1. The van der Waals surface area contributed by atoms with E-state index < -0.39 is 29.9 Å². The second-order valence-corrected chi connectivity index (χ2v) is 9.87. The number of ether oxygens (including phenoxy) is 1. The summed E-state index contributed by atoms with van der Waals surface area (Å²) < 4.78 is 45.5. The van der Waals surface area contributed by atoms with Gasteiger partial charge in [0, 0.05) is 18.0 Å². The fourth-order valence-electron chi connectivity index (χ4n) is 5.08. The number of likely N-dealkylation sites (tertiary alicyclic amines) is 1. The van der Waals surface area contributed by atoms with Gasteiger partial charge in [0.05, 0.1) is 30.8 Å². The number of amidine groups is 1. The molecule has 0 saturated carbocycles. The van der Waals surface area contributed by atoms with E-state index in [9.17, 15) is 22.8 Å². The molecular weight excluding hydrogens is 531 g/mol. The number of nitrogens with zero attached hydrogens (tertiary/aromatic N) is 3. The molecule has 3 aromatic carbocycles. The molecule has 6 nitrogen and oxygen atoms in total. The Labute approximate surface area is 228 Å². The van der Waals surface area contributed by atoms with E-state index in [0.717, 1.165) is 12.1 Å². The zero-order valence-corrected chi connectivity index (χ0v) is 21.7. The van der Waals surface area contributed by atoms with Gasteiger partial charge in [0.2, 0.25) is 0 Å². The Kier molecular flexibility index (Phi) is 7.36. The van der Waals surface area contributed by atoms with Crippen LogP contribution in [-0.2, 0) is 11.0 Å². The zero-order chi connectivity index (χ0) is 27.7. The van der Waals surface area contributed by atoms with Crippen molar-refractivity contribution in [2.45, 2.75) is 31.1 Å². The highest BCUT2D eigenvalue weighted by Gasteiger charge is 2.45. The first-order valence-corrected chi connectivity index (χ1v) is 12.8. The molecular formula is C29H25ClF3N3O3. The highest BCUT2D eigenvalue weighted by Crippen LogP contribution is 2.46. The van der Waals surface area contributed by atoms with Gasteiger partial charge in [0.15, 0.2) is 5.78 Å². The van der Waals surface area contributed by atoms with Gasteiger partial charge in [-0.3, -0.25) is 14.7 Å². The molecule has 2 aliphatic rings. The number of carbonyl (C=O) groups is 2. The highest BCUT2D eigenvalue weighted by atomic mass is 35.5. The van der Waals surface area contributed by atoms with Crippen LogP contribution in [0, 0.1) is 0 Å². The molecule has 2 unspecified atom stereocenters. The molecule has 1 fully saturated rings. The molecule has 0 aliphatic carbocycles. The smallest absolute Gasteiger partial charge is 0.416 e. The largest absolute Gasteiger partial charge is 0.496 e. The molecule has 2 aliphatic heterocycles. The zero-order valence-electron chi connectivity index (χ0n) is 21.0. The molecule has 0 radical (unpaired) electrons. The molecule has 1 saturated heterocycles. The van der Waals surface area contributed by atoms with E-state index in [1.54, 1.807) is 48.5 Å². The SMILES string of the molecule is COc1ccccc1C1=NC(c2ccc(C(F)(F)F)cc2)C(c2cccc(Cl)c2)N1C(=O)N1CCCC(=O)C1. The molecule has 39 heavy (non-hydrogen) atoms. The minimum atomic E-state index is -4.49. The molecule has 202 valence electrons. The van der Waals surface area contributed by atoms with Crippen molar-refractivity contribution in [1.82, 2.24) is 9.80 Å². The molecule has 5 rings (SSSR count). The predicted molar refractivity (Wildman–Crippen MR) is 141 cm³/mol. The van der Waals surface area contributed by atoms with Crippen LogP contribution in [0.4, 0.5) is 18.0 Å². The lowest BCUT2D eigenvalue weighted by atomic mass is 9.93. The van der Waals surface area contributed by atoms with Crippen molar-refractivity contribution in [1.29, 1.82) is 0 Å². The summed E-state index contributed by atoms with van der Waals surface area (Å²) in [5.41, 5.74) is 0.901. The van der Waals surface area contributed by atoms with E-state index in [0.29, 0.717) is 52.7 Å². The third-order valence-electron chi connectivity index (χ3n) is 6.91. The maximum absolute atomic E-state index is 14.2. The second kappa shape index (κ2) is 10.7. The minimum absolute atomic E-state index is 0.0260. The number of amides is 2. The summed E-state index contributed by atoms with van der Waals surface area (Å²) in [5, 5.41) is 0.435. The van der Waals surface area contributed by atoms with Gasteiger partial charge in [-0.05, 0) is 53.9 Å². The van der Waals surface area contributed by atoms with Crippen molar-refractivity contribution in [3.05, 3.63) is 100 Å². The Morgan fingerprint density at radius 1 is 1.03 bits per heavy atom. The highest BCUT2D eigenvalue weighted by molar-refractivity contribution is 6.30. The van der Waals surface area contributed by atoms with Crippen LogP contribution in [0.3, 0.4) is 0 Å². The van der Waals surface area contributed by atoms with Gasteiger partial charge in [-0.15, -0.1) is 0 Å². The summed E-state index contributed by atoms with van der Waals surface area (Å²) in [6.07, 6.45) is -3.54. The molecule has 0 aromatic heterocycles. The predicted octanol–water partition coefficient (Wildman–Crippen LogP) is 6.70. The van der Waals surface area contributed by atoms with Crippen molar-refractivity contribution in [3.63, 3.8) is 0 Å². The second-order valence-electron chi connectivity index (χ2n) is 9.43. The van der Waals surface area contributed by atoms with Crippen LogP contribution in [-0.4, -0.2) is 47.6 Å². The van der Waals surface area contributed by atoms with Gasteiger partial charge in [0.25, 0.3) is 0 Å². The number of benzene rings is 3. The topological polar surface area (TPSA) is 62.2 Å². The molecule has 2 heterocycles. The van der Waals surface area contributed by atoms with Gasteiger partial charge in [0.1, 0.15) is 17.6 Å². The van der Waals surface area contributed by atoms with E-state index in [2.05, 4.69) is 0 Å². The van der Waals surface area contributed by atoms with E-state index in [4.69, 9.17) is 21.3 Å². The first-order valence-electron chi connectivity index (χ1n) is 12.4. The summed E-state index contributed by atoms with van der Waals surface area (Å²) >= 11 is 6.34. The van der Waals surface area contributed by atoms with Crippen LogP contribution in [0.2, 0.25) is 5.02 Å². The molecule has 0 spiro atoms. The number of ketones is 1. The number of rotatable bonds is 4. The van der Waals surface area contributed by atoms with E-state index in [1.807, 2.05) is 0 Å². The van der Waals surface area contributed by atoms with Crippen molar-refractivity contribution < 1.29 is 27.5 Å². The number of methoxy groups -OCH3 is 1. The third kappa shape index (κ3) is 5.36. The van der Waals surface area contributed by atoms with Crippen LogP contribution >= 0.6 is 11.6 Å². The first-order chi connectivity index (χ1) is 18.7. The fourth-order valence-corrected chi connectivity index (χ4v) is 5.28. The molecule has 0 N–H and O–H groups in total. The van der Waals surface area contributed by atoms with Gasteiger partial charge in [-0.2, -0.15) is 13.2 Å². The summed E-state index contributed by atoms with van der Waals surface area (Å²) in [6, 6.07) is 16.9. The van der Waals surface area contributed by atoms with Crippen molar-refractivity contribution in [2.24, 2.45) is 4.99 Å². The number of hydrogen-bond acceptors (Lipinski definition) is 4. The Bertz CT molecular complexity index is 1430. The normalized spacial score (nSPS) is 19.7. The van der Waals surface area contributed by atoms with Crippen molar-refractivity contribution >= 4 is 29.3 Å². The Morgan fingerprint density at radius 2 is 1.77 bits per heavy atom. The molecule has 3 aromatic rings. The lowest BCUT2D eigenvalue weighted by Gasteiger charge is -2.35. The maximum atomic E-state index is 14.2. The number of halogens is 4. The molecule has 2 amide bonds. The third-order valence-corrected chi connectivity index (χ3v) is 7.15. The molecule has 10 heteroatoms. The van der Waals surface area contributed by atoms with E-state index in [1.165, 1.54) is 29.0 Å². The quantitative estimate of drug-likeness (QED) is 0.360. The van der Waals surface area contributed by atoms with Crippen molar-refractivity contribution in [3.8, 4) is 5.75 Å². The Hall–Kier alpha value is -3.85.